The largest absolute Gasteiger partial charge is 0.378 e. The van der Waals surface area contributed by atoms with Gasteiger partial charge in [-0.2, -0.15) is 4.37 Å². The minimum absolute atomic E-state index is 0.770. The number of rotatable bonds is 4. The van der Waals surface area contributed by atoms with E-state index >= 15 is 0 Å². The molecule has 0 fully saturated rings. The highest BCUT2D eigenvalue weighted by Crippen LogP contribution is 2.41. The van der Waals surface area contributed by atoms with Crippen molar-refractivity contribution < 1.29 is 0 Å². The van der Waals surface area contributed by atoms with Crippen molar-refractivity contribution in [1.82, 2.24) is 24.2 Å². The fourth-order valence-corrected chi connectivity index (χ4v) is 4.34. The molecule has 0 saturated heterocycles. The van der Waals surface area contributed by atoms with Gasteiger partial charge in [-0.25, -0.2) is 0 Å². The van der Waals surface area contributed by atoms with Gasteiger partial charge in [-0.3, -0.25) is 4.37 Å². The molecule has 30 heavy (non-hydrogen) atoms. The molecule has 0 saturated carbocycles. The number of hydrogen-bond acceptors (Lipinski definition) is 7. The van der Waals surface area contributed by atoms with Crippen LogP contribution in [0.25, 0.3) is 44.3 Å². The van der Waals surface area contributed by atoms with Crippen LogP contribution in [0.3, 0.4) is 0 Å². The van der Waals surface area contributed by atoms with Crippen LogP contribution in [0.15, 0.2) is 48.5 Å². The summed E-state index contributed by atoms with van der Waals surface area (Å²) >= 11 is 1.33. The van der Waals surface area contributed by atoms with E-state index in [0.717, 1.165) is 55.7 Å². The molecule has 0 bridgehead atoms. The first-order chi connectivity index (χ1) is 14.5. The van der Waals surface area contributed by atoms with Crippen LogP contribution in [-0.4, -0.2) is 52.3 Å². The minimum atomic E-state index is 0.770. The van der Waals surface area contributed by atoms with Crippen LogP contribution in [-0.2, 0) is 0 Å². The van der Waals surface area contributed by atoms with Crippen LogP contribution in [0, 0.1) is 0 Å². The Morgan fingerprint density at radius 2 is 1.17 bits per heavy atom. The molecule has 5 rings (SSSR count). The lowest BCUT2D eigenvalue weighted by molar-refractivity contribution is 0.960. The smallest absolute Gasteiger partial charge is 0.126 e. The van der Waals surface area contributed by atoms with Crippen LogP contribution < -0.4 is 9.80 Å². The standard InChI is InChI=1S/C22H21N7S/c1-28(2)15-9-5-13(6-10-15)17-19-20(24-27-23-19)18(22-21(17)25-30-26-22)14-7-11-16(12-8-14)29(3)4/h5-12,25H,1-4H3. The molecule has 0 unspecified atom stereocenters. The highest BCUT2D eigenvalue weighted by atomic mass is 32.1. The maximum atomic E-state index is 4.69. The monoisotopic (exact) mass is 415 g/mol. The summed E-state index contributed by atoms with van der Waals surface area (Å²) in [6.45, 7) is 0. The SMILES string of the molecule is CN(C)c1ccc(-c2c3nnnc3c(-c3ccc(N(C)C)cc3)c3[nH]snc23)cc1. The van der Waals surface area contributed by atoms with Gasteiger partial charge in [0.15, 0.2) is 0 Å². The second kappa shape index (κ2) is 7.07. The Morgan fingerprint density at radius 3 is 1.70 bits per heavy atom. The number of nitrogens with zero attached hydrogens (tertiary/aromatic N) is 6. The second-order valence-corrected chi connectivity index (χ2v) is 8.20. The van der Waals surface area contributed by atoms with Crippen LogP contribution in [0.1, 0.15) is 0 Å². The number of aromatic nitrogens is 5. The summed E-state index contributed by atoms with van der Waals surface area (Å²) in [5, 5.41) is 12.8. The molecule has 8 heteroatoms. The van der Waals surface area contributed by atoms with E-state index in [1.807, 2.05) is 28.2 Å². The summed E-state index contributed by atoms with van der Waals surface area (Å²) in [6.07, 6.45) is 0. The van der Waals surface area contributed by atoms with Gasteiger partial charge >= 0.3 is 0 Å². The maximum Gasteiger partial charge on any atom is 0.126 e. The van der Waals surface area contributed by atoms with Crippen molar-refractivity contribution in [1.29, 1.82) is 0 Å². The third kappa shape index (κ3) is 2.88. The molecule has 7 nitrogen and oxygen atoms in total. The van der Waals surface area contributed by atoms with Gasteiger partial charge in [0.1, 0.15) is 16.6 Å². The molecule has 0 atom stereocenters. The molecule has 0 aliphatic rings. The second-order valence-electron chi connectivity index (χ2n) is 7.63. The molecule has 0 aliphatic carbocycles. The summed E-state index contributed by atoms with van der Waals surface area (Å²) in [4.78, 5) is 4.16. The molecule has 2 aromatic heterocycles. The zero-order chi connectivity index (χ0) is 20.8. The number of nitrogens with one attached hydrogen (secondary N) is 1. The maximum absolute atomic E-state index is 4.69. The Morgan fingerprint density at radius 1 is 0.667 bits per heavy atom. The quantitative estimate of drug-likeness (QED) is 0.468. The van der Waals surface area contributed by atoms with E-state index in [2.05, 4.69) is 82.5 Å². The summed E-state index contributed by atoms with van der Waals surface area (Å²) in [6, 6.07) is 16.8. The fourth-order valence-electron chi connectivity index (χ4n) is 3.73. The molecule has 3 aromatic carbocycles. The van der Waals surface area contributed by atoms with E-state index in [4.69, 9.17) is 0 Å². The topological polar surface area (TPSA) is 73.8 Å². The number of hydrogen-bond donors (Lipinski definition) is 1. The molecular formula is C22H21N7S. The first-order valence-electron chi connectivity index (χ1n) is 9.59. The van der Waals surface area contributed by atoms with Gasteiger partial charge in [0, 0.05) is 62.4 Å². The molecule has 0 radical (unpaired) electrons. The summed E-state index contributed by atoms with van der Waals surface area (Å²) in [7, 11) is 8.13. The lowest BCUT2D eigenvalue weighted by Crippen LogP contribution is -2.08. The van der Waals surface area contributed by atoms with E-state index in [-0.39, 0.29) is 0 Å². The van der Waals surface area contributed by atoms with Crippen molar-refractivity contribution >= 4 is 45.2 Å². The van der Waals surface area contributed by atoms with Crippen molar-refractivity contribution in [3.05, 3.63) is 48.5 Å². The molecule has 0 aliphatic heterocycles. The fraction of sp³-hybridized carbons (Fsp3) is 0.182. The first-order valence-corrected chi connectivity index (χ1v) is 10.4. The highest BCUT2D eigenvalue weighted by Gasteiger charge is 2.22. The van der Waals surface area contributed by atoms with Gasteiger partial charge < -0.3 is 9.80 Å². The van der Waals surface area contributed by atoms with E-state index in [0.29, 0.717) is 0 Å². The van der Waals surface area contributed by atoms with Crippen molar-refractivity contribution in [2.75, 3.05) is 38.0 Å². The van der Waals surface area contributed by atoms with Crippen LogP contribution in [0.2, 0.25) is 0 Å². The minimum Gasteiger partial charge on any atom is -0.378 e. The van der Waals surface area contributed by atoms with E-state index < -0.39 is 0 Å². The zero-order valence-electron chi connectivity index (χ0n) is 17.2. The number of fused-ring (bicyclic) bond motifs is 2. The summed E-state index contributed by atoms with van der Waals surface area (Å²) in [5.74, 6) is 0. The first kappa shape index (κ1) is 18.5. The number of H-pyrrole nitrogens is 1. The molecule has 0 spiro atoms. The highest BCUT2D eigenvalue weighted by molar-refractivity contribution is 7.00. The Balaban J connectivity index is 1.76. The van der Waals surface area contributed by atoms with Gasteiger partial charge in [0.2, 0.25) is 0 Å². The predicted molar refractivity (Wildman–Crippen MR) is 124 cm³/mol. The third-order valence-corrected chi connectivity index (χ3v) is 5.91. The van der Waals surface area contributed by atoms with Crippen LogP contribution in [0.5, 0.6) is 0 Å². The number of benzene rings is 3. The van der Waals surface area contributed by atoms with E-state index in [9.17, 15) is 0 Å². The molecular weight excluding hydrogens is 394 g/mol. The normalized spacial score (nSPS) is 11.3. The van der Waals surface area contributed by atoms with Gasteiger partial charge in [-0.05, 0) is 40.6 Å². The van der Waals surface area contributed by atoms with Crippen molar-refractivity contribution in [2.45, 2.75) is 0 Å². The summed E-state index contributed by atoms with van der Waals surface area (Å²) in [5.41, 5.74) is 9.73. The Hall–Kier alpha value is -3.52. The Bertz CT molecular complexity index is 1180. The predicted octanol–water partition coefficient (Wildman–Crippen LogP) is 4.43. The molecule has 2 heterocycles. The van der Waals surface area contributed by atoms with Gasteiger partial charge in [-0.1, -0.05) is 24.3 Å². The van der Waals surface area contributed by atoms with Gasteiger partial charge in [-0.15, -0.1) is 10.2 Å². The number of aromatic amines is 1. The zero-order valence-corrected chi connectivity index (χ0v) is 18.0. The molecule has 0 amide bonds. The van der Waals surface area contributed by atoms with Crippen molar-refractivity contribution in [3.63, 3.8) is 0 Å². The lowest BCUT2D eigenvalue weighted by atomic mass is 9.95. The van der Waals surface area contributed by atoms with Crippen LogP contribution in [0.4, 0.5) is 11.4 Å². The lowest BCUT2D eigenvalue weighted by Gasteiger charge is -2.14. The number of anilines is 2. The Kier molecular flexibility index (Phi) is 4.36. The average molecular weight is 416 g/mol. The Labute approximate surface area is 178 Å². The molecule has 1 N–H and O–H groups in total. The molecule has 5 aromatic rings. The van der Waals surface area contributed by atoms with Gasteiger partial charge in [0.25, 0.3) is 0 Å². The van der Waals surface area contributed by atoms with Gasteiger partial charge in [0.05, 0.1) is 5.52 Å². The third-order valence-electron chi connectivity index (χ3n) is 5.34. The molecule has 150 valence electrons. The van der Waals surface area contributed by atoms with E-state index in [1.165, 1.54) is 11.7 Å². The van der Waals surface area contributed by atoms with Crippen molar-refractivity contribution in [2.24, 2.45) is 0 Å². The summed E-state index contributed by atoms with van der Waals surface area (Å²) < 4.78 is 8.05. The van der Waals surface area contributed by atoms with E-state index in [1.54, 1.807) is 0 Å². The average Bonchev–Trinajstić information content (AvgIpc) is 3.42. The van der Waals surface area contributed by atoms with Crippen LogP contribution >= 0.6 is 11.7 Å². The van der Waals surface area contributed by atoms with Crippen molar-refractivity contribution in [3.8, 4) is 22.3 Å².